The highest BCUT2D eigenvalue weighted by Gasteiger charge is 2.28. The zero-order chi connectivity index (χ0) is 17.0. The van der Waals surface area contributed by atoms with Crippen molar-refractivity contribution < 1.29 is 17.9 Å². The maximum absolute atomic E-state index is 12.3. The molecule has 6 nitrogen and oxygen atoms in total. The third-order valence-corrected chi connectivity index (χ3v) is 2.87. The second-order valence-corrected chi connectivity index (χ2v) is 4.52. The SMILES string of the molecule is N#Cc1c[nH]c(=O)n(Cc2ccccc2OCC(F)(F)F)c1=O. The normalized spacial score (nSPS) is 11.0. The second-order valence-electron chi connectivity index (χ2n) is 4.52. The molecule has 2 rings (SSSR count). The van der Waals surface area contributed by atoms with Crippen LogP contribution in [0, 0.1) is 11.3 Å². The van der Waals surface area contributed by atoms with E-state index in [-0.39, 0.29) is 23.4 Å². The minimum Gasteiger partial charge on any atom is -0.484 e. The van der Waals surface area contributed by atoms with Gasteiger partial charge in [-0.2, -0.15) is 18.4 Å². The van der Waals surface area contributed by atoms with Gasteiger partial charge in [-0.15, -0.1) is 0 Å². The van der Waals surface area contributed by atoms with Gasteiger partial charge in [0.2, 0.25) is 0 Å². The van der Waals surface area contributed by atoms with Gasteiger partial charge in [-0.25, -0.2) is 4.79 Å². The Morgan fingerprint density at radius 2 is 1.96 bits per heavy atom. The number of nitrogens with one attached hydrogen (secondary N) is 1. The van der Waals surface area contributed by atoms with Crippen molar-refractivity contribution in [3.63, 3.8) is 0 Å². The number of nitriles is 1. The lowest BCUT2D eigenvalue weighted by Gasteiger charge is -2.13. The standard InChI is InChI=1S/C14H10F3N3O3/c15-14(16,17)8-23-11-4-2-1-3-9(11)7-20-12(21)10(5-18)6-19-13(20)22/h1-4,6H,7-8H2,(H,19,22). The van der Waals surface area contributed by atoms with Crippen molar-refractivity contribution in [3.8, 4) is 11.8 Å². The van der Waals surface area contributed by atoms with E-state index in [9.17, 15) is 22.8 Å². The van der Waals surface area contributed by atoms with Crippen molar-refractivity contribution in [2.75, 3.05) is 6.61 Å². The van der Waals surface area contributed by atoms with E-state index in [2.05, 4.69) is 4.98 Å². The van der Waals surface area contributed by atoms with Gasteiger partial charge in [-0.3, -0.25) is 9.36 Å². The van der Waals surface area contributed by atoms with Crippen LogP contribution in [0.1, 0.15) is 11.1 Å². The first-order valence-corrected chi connectivity index (χ1v) is 6.32. The van der Waals surface area contributed by atoms with Crippen molar-refractivity contribution in [2.45, 2.75) is 12.7 Å². The monoisotopic (exact) mass is 325 g/mol. The number of hydrogen-bond donors (Lipinski definition) is 1. The van der Waals surface area contributed by atoms with Crippen LogP contribution >= 0.6 is 0 Å². The molecule has 1 N–H and O–H groups in total. The minimum atomic E-state index is -4.51. The molecule has 0 amide bonds. The number of para-hydroxylation sites is 1. The summed E-state index contributed by atoms with van der Waals surface area (Å²) >= 11 is 0. The summed E-state index contributed by atoms with van der Waals surface area (Å²) in [7, 11) is 0. The maximum atomic E-state index is 12.3. The van der Waals surface area contributed by atoms with E-state index in [1.807, 2.05) is 0 Å². The quantitative estimate of drug-likeness (QED) is 0.920. The van der Waals surface area contributed by atoms with Gasteiger partial charge < -0.3 is 9.72 Å². The first-order chi connectivity index (χ1) is 10.8. The molecule has 1 aromatic carbocycles. The minimum absolute atomic E-state index is 0.0986. The van der Waals surface area contributed by atoms with Gasteiger partial charge in [0.15, 0.2) is 6.61 Å². The van der Waals surface area contributed by atoms with Crippen molar-refractivity contribution in [1.82, 2.24) is 9.55 Å². The number of halogens is 3. The number of alkyl halides is 3. The first kappa shape index (κ1) is 16.4. The highest BCUT2D eigenvalue weighted by atomic mass is 19.4. The predicted octanol–water partition coefficient (Wildman–Crippen LogP) is 1.40. The van der Waals surface area contributed by atoms with Gasteiger partial charge >= 0.3 is 11.9 Å². The number of hydrogen-bond acceptors (Lipinski definition) is 4. The summed E-state index contributed by atoms with van der Waals surface area (Å²) in [6, 6.07) is 7.35. The Hall–Kier alpha value is -3.02. The number of aromatic nitrogens is 2. The molecule has 0 saturated heterocycles. The van der Waals surface area contributed by atoms with Crippen LogP contribution < -0.4 is 16.0 Å². The Morgan fingerprint density at radius 1 is 1.26 bits per heavy atom. The molecule has 0 radical (unpaired) electrons. The Labute approximate surface area is 127 Å². The third kappa shape index (κ3) is 4.00. The van der Waals surface area contributed by atoms with Crippen LogP contribution in [0.4, 0.5) is 13.2 Å². The van der Waals surface area contributed by atoms with Gasteiger partial charge in [-0.05, 0) is 6.07 Å². The summed E-state index contributed by atoms with van der Waals surface area (Å²) < 4.78 is 42.2. The Kier molecular flexibility index (Phi) is 4.55. The van der Waals surface area contributed by atoms with E-state index < -0.39 is 24.0 Å². The van der Waals surface area contributed by atoms with Crippen LogP contribution in [-0.2, 0) is 6.54 Å². The van der Waals surface area contributed by atoms with E-state index in [1.54, 1.807) is 6.07 Å². The summed E-state index contributed by atoms with van der Waals surface area (Å²) in [4.78, 5) is 25.9. The molecule has 2 aromatic rings. The van der Waals surface area contributed by atoms with Crippen LogP contribution in [0.5, 0.6) is 5.75 Å². The van der Waals surface area contributed by atoms with E-state index in [0.29, 0.717) is 4.57 Å². The van der Waals surface area contributed by atoms with Crippen LogP contribution in [0.15, 0.2) is 40.1 Å². The van der Waals surface area contributed by atoms with Crippen molar-refractivity contribution >= 4 is 0 Å². The maximum Gasteiger partial charge on any atom is 0.422 e. The fraction of sp³-hybridized carbons (Fsp3) is 0.214. The molecule has 0 fully saturated rings. The summed E-state index contributed by atoms with van der Waals surface area (Å²) in [5, 5.41) is 8.79. The van der Waals surface area contributed by atoms with Crippen molar-refractivity contribution in [1.29, 1.82) is 5.26 Å². The van der Waals surface area contributed by atoms with Crippen LogP contribution in [0.3, 0.4) is 0 Å². The molecule has 9 heteroatoms. The summed E-state index contributed by atoms with van der Waals surface area (Å²) in [6.07, 6.45) is -3.53. The highest BCUT2D eigenvalue weighted by molar-refractivity contribution is 5.34. The fourth-order valence-corrected chi connectivity index (χ4v) is 1.84. The van der Waals surface area contributed by atoms with Gasteiger partial charge in [0.1, 0.15) is 17.4 Å². The van der Waals surface area contributed by atoms with E-state index in [4.69, 9.17) is 10.00 Å². The number of H-pyrrole nitrogens is 1. The molecule has 1 heterocycles. The van der Waals surface area contributed by atoms with E-state index in [0.717, 1.165) is 6.20 Å². The molecule has 0 atom stereocenters. The van der Waals surface area contributed by atoms with Crippen LogP contribution in [0.2, 0.25) is 0 Å². The molecule has 0 unspecified atom stereocenters. The summed E-state index contributed by atoms with van der Waals surface area (Å²) in [5.41, 5.74) is -1.68. The Morgan fingerprint density at radius 3 is 2.61 bits per heavy atom. The van der Waals surface area contributed by atoms with Gasteiger partial charge in [0, 0.05) is 11.8 Å². The first-order valence-electron chi connectivity index (χ1n) is 6.32. The topological polar surface area (TPSA) is 87.9 Å². The molecule has 0 aliphatic carbocycles. The lowest BCUT2D eigenvalue weighted by Crippen LogP contribution is -2.36. The molecule has 1 aromatic heterocycles. The average Bonchev–Trinajstić information content (AvgIpc) is 2.50. The summed E-state index contributed by atoms with van der Waals surface area (Å²) in [5.74, 6) is -0.0986. The number of rotatable bonds is 4. The molecular weight excluding hydrogens is 315 g/mol. The molecule has 120 valence electrons. The van der Waals surface area contributed by atoms with Crippen molar-refractivity contribution in [3.05, 3.63) is 62.4 Å². The third-order valence-electron chi connectivity index (χ3n) is 2.87. The number of benzene rings is 1. The lowest BCUT2D eigenvalue weighted by atomic mass is 10.2. The zero-order valence-electron chi connectivity index (χ0n) is 11.6. The van der Waals surface area contributed by atoms with Gasteiger partial charge in [0.25, 0.3) is 5.56 Å². The average molecular weight is 325 g/mol. The Bertz CT molecular complexity index is 862. The smallest absolute Gasteiger partial charge is 0.422 e. The van der Waals surface area contributed by atoms with Crippen LogP contribution in [-0.4, -0.2) is 22.3 Å². The molecule has 0 spiro atoms. The molecule has 0 bridgehead atoms. The fourth-order valence-electron chi connectivity index (χ4n) is 1.84. The molecule has 0 aliphatic heterocycles. The number of nitrogens with zero attached hydrogens (tertiary/aromatic N) is 2. The predicted molar refractivity (Wildman–Crippen MR) is 73.1 cm³/mol. The van der Waals surface area contributed by atoms with E-state index >= 15 is 0 Å². The Balaban J connectivity index is 2.37. The van der Waals surface area contributed by atoms with E-state index in [1.165, 1.54) is 24.3 Å². The number of ether oxygens (including phenoxy) is 1. The summed E-state index contributed by atoms with van der Waals surface area (Å²) in [6.45, 7) is -1.81. The van der Waals surface area contributed by atoms with Crippen LogP contribution in [0.25, 0.3) is 0 Å². The van der Waals surface area contributed by atoms with Gasteiger partial charge in [0.05, 0.1) is 6.54 Å². The largest absolute Gasteiger partial charge is 0.484 e. The highest BCUT2D eigenvalue weighted by Crippen LogP contribution is 2.22. The lowest BCUT2D eigenvalue weighted by molar-refractivity contribution is -0.153. The van der Waals surface area contributed by atoms with Gasteiger partial charge in [-0.1, -0.05) is 18.2 Å². The number of aromatic amines is 1. The van der Waals surface area contributed by atoms with Crippen molar-refractivity contribution in [2.24, 2.45) is 0 Å². The molecule has 23 heavy (non-hydrogen) atoms. The zero-order valence-corrected chi connectivity index (χ0v) is 11.6. The molecule has 0 aliphatic rings. The molecule has 0 saturated carbocycles. The molecular formula is C14H10F3N3O3. The second kappa shape index (κ2) is 6.39.